The molecule has 0 aliphatic carbocycles. The second kappa shape index (κ2) is 4.09. The summed E-state index contributed by atoms with van der Waals surface area (Å²) in [5.41, 5.74) is 4.69. The second-order valence-electron chi connectivity index (χ2n) is 5.48. The van der Waals surface area contributed by atoms with Gasteiger partial charge in [-0.05, 0) is 30.0 Å². The maximum absolute atomic E-state index is 12.5. The standard InChI is InChI=1S/C15H20N2O/c1-4-10-5-9(2)14-11(6-10)12-7-16-8-13(12)17(3)15(14)18/h5-6,12-13,16H,4,7-8H2,1-3H3/t12-,13+/m1/s1. The van der Waals surface area contributed by atoms with E-state index in [-0.39, 0.29) is 5.91 Å². The van der Waals surface area contributed by atoms with Crippen molar-refractivity contribution in [3.63, 3.8) is 0 Å². The van der Waals surface area contributed by atoms with Crippen molar-refractivity contribution < 1.29 is 4.79 Å². The minimum absolute atomic E-state index is 0.190. The molecule has 1 fully saturated rings. The van der Waals surface area contributed by atoms with Crippen LogP contribution in [0.25, 0.3) is 0 Å². The van der Waals surface area contributed by atoms with E-state index in [9.17, 15) is 4.79 Å². The highest BCUT2D eigenvalue weighted by Crippen LogP contribution is 2.36. The van der Waals surface area contributed by atoms with Crippen LogP contribution in [0.5, 0.6) is 0 Å². The number of nitrogens with one attached hydrogen (secondary N) is 1. The van der Waals surface area contributed by atoms with Crippen LogP contribution in [0.15, 0.2) is 12.1 Å². The third kappa shape index (κ3) is 1.50. The van der Waals surface area contributed by atoms with Crippen LogP contribution in [0, 0.1) is 6.92 Å². The van der Waals surface area contributed by atoms with E-state index in [1.165, 1.54) is 11.1 Å². The maximum atomic E-state index is 12.5. The van der Waals surface area contributed by atoms with Crippen molar-refractivity contribution in [1.29, 1.82) is 0 Å². The summed E-state index contributed by atoms with van der Waals surface area (Å²) in [6.07, 6.45) is 1.03. The van der Waals surface area contributed by atoms with Crippen molar-refractivity contribution in [2.75, 3.05) is 20.1 Å². The Morgan fingerprint density at radius 3 is 2.89 bits per heavy atom. The Kier molecular flexibility index (Phi) is 2.67. The van der Waals surface area contributed by atoms with Crippen LogP contribution in [0.1, 0.15) is 39.9 Å². The van der Waals surface area contributed by atoms with Gasteiger partial charge in [0.1, 0.15) is 0 Å². The highest BCUT2D eigenvalue weighted by molar-refractivity contribution is 5.99. The zero-order chi connectivity index (χ0) is 12.9. The van der Waals surface area contributed by atoms with E-state index >= 15 is 0 Å². The zero-order valence-electron chi connectivity index (χ0n) is 11.3. The van der Waals surface area contributed by atoms with E-state index in [1.807, 2.05) is 11.9 Å². The Balaban J connectivity index is 2.20. The number of hydrogen-bond acceptors (Lipinski definition) is 2. The molecule has 2 aliphatic rings. The first-order valence-electron chi connectivity index (χ1n) is 6.74. The molecule has 1 N–H and O–H groups in total. The van der Waals surface area contributed by atoms with E-state index in [1.54, 1.807) is 0 Å². The Bertz CT molecular complexity index is 509. The van der Waals surface area contributed by atoms with Crippen molar-refractivity contribution in [3.05, 3.63) is 34.4 Å². The monoisotopic (exact) mass is 244 g/mol. The predicted octanol–water partition coefficient (Wildman–Crippen LogP) is 1.70. The molecule has 3 rings (SSSR count). The van der Waals surface area contributed by atoms with E-state index < -0.39 is 0 Å². The lowest BCUT2D eigenvalue weighted by atomic mass is 9.82. The van der Waals surface area contributed by atoms with Crippen LogP contribution >= 0.6 is 0 Å². The number of amides is 1. The molecular weight excluding hydrogens is 224 g/mol. The Hall–Kier alpha value is -1.35. The summed E-state index contributed by atoms with van der Waals surface area (Å²) in [7, 11) is 1.93. The number of aryl methyl sites for hydroxylation is 2. The number of carbonyl (C=O) groups is 1. The van der Waals surface area contributed by atoms with Crippen LogP contribution < -0.4 is 5.32 Å². The molecule has 0 bridgehead atoms. The van der Waals surface area contributed by atoms with Crippen molar-refractivity contribution >= 4 is 5.91 Å². The first kappa shape index (κ1) is 11.7. The number of benzene rings is 1. The highest BCUT2D eigenvalue weighted by Gasteiger charge is 2.41. The zero-order valence-corrected chi connectivity index (χ0v) is 11.3. The van der Waals surface area contributed by atoms with Crippen LogP contribution in [-0.4, -0.2) is 37.0 Å². The third-order valence-corrected chi connectivity index (χ3v) is 4.45. The maximum Gasteiger partial charge on any atom is 0.254 e. The van der Waals surface area contributed by atoms with Crippen molar-refractivity contribution in [2.45, 2.75) is 32.2 Å². The van der Waals surface area contributed by atoms with E-state index in [4.69, 9.17) is 0 Å². The topological polar surface area (TPSA) is 32.3 Å². The lowest BCUT2D eigenvalue weighted by Gasteiger charge is -2.36. The summed E-state index contributed by atoms with van der Waals surface area (Å²) in [4.78, 5) is 14.4. The number of likely N-dealkylation sites (N-methyl/N-ethyl adjacent to an activating group) is 1. The normalized spacial score (nSPS) is 26.2. The van der Waals surface area contributed by atoms with Gasteiger partial charge in [-0.3, -0.25) is 4.79 Å². The SMILES string of the molecule is CCc1cc(C)c2c(c1)[C@H]1CNC[C@@H]1N(C)C2=O. The van der Waals surface area contributed by atoms with Gasteiger partial charge in [-0.2, -0.15) is 0 Å². The predicted molar refractivity (Wildman–Crippen MR) is 72.0 cm³/mol. The molecule has 1 aromatic rings. The van der Waals surface area contributed by atoms with Crippen LogP contribution in [0.2, 0.25) is 0 Å². The summed E-state index contributed by atoms with van der Waals surface area (Å²) in [5.74, 6) is 0.656. The summed E-state index contributed by atoms with van der Waals surface area (Å²) < 4.78 is 0. The largest absolute Gasteiger partial charge is 0.337 e. The van der Waals surface area contributed by atoms with Gasteiger partial charge in [0.15, 0.2) is 0 Å². The van der Waals surface area contributed by atoms with Gasteiger partial charge in [0, 0.05) is 31.6 Å². The lowest BCUT2D eigenvalue weighted by Crippen LogP contribution is -2.46. The third-order valence-electron chi connectivity index (χ3n) is 4.45. The van der Waals surface area contributed by atoms with Gasteiger partial charge in [-0.25, -0.2) is 0 Å². The highest BCUT2D eigenvalue weighted by atomic mass is 16.2. The first-order chi connectivity index (χ1) is 8.63. The van der Waals surface area contributed by atoms with Gasteiger partial charge >= 0.3 is 0 Å². The molecule has 0 spiro atoms. The molecule has 0 unspecified atom stereocenters. The number of fused-ring (bicyclic) bond motifs is 3. The molecule has 2 atom stereocenters. The quantitative estimate of drug-likeness (QED) is 0.815. The number of hydrogen-bond donors (Lipinski definition) is 1. The first-order valence-corrected chi connectivity index (χ1v) is 6.74. The summed E-state index contributed by atoms with van der Waals surface area (Å²) in [5, 5.41) is 3.42. The molecule has 0 aromatic heterocycles. The van der Waals surface area contributed by atoms with Crippen molar-refractivity contribution in [3.8, 4) is 0 Å². The molecule has 96 valence electrons. The molecule has 1 saturated heterocycles. The smallest absolute Gasteiger partial charge is 0.254 e. The average Bonchev–Trinajstić information content (AvgIpc) is 2.84. The number of carbonyl (C=O) groups excluding carboxylic acids is 1. The fourth-order valence-electron chi connectivity index (χ4n) is 3.40. The van der Waals surface area contributed by atoms with Gasteiger partial charge in [-0.15, -0.1) is 0 Å². The summed E-state index contributed by atoms with van der Waals surface area (Å²) in [6.45, 7) is 6.14. The van der Waals surface area contributed by atoms with Crippen LogP contribution in [0.4, 0.5) is 0 Å². The summed E-state index contributed by atoms with van der Waals surface area (Å²) in [6, 6.07) is 4.74. The van der Waals surface area contributed by atoms with Gasteiger partial charge in [0.2, 0.25) is 0 Å². The van der Waals surface area contributed by atoms with Gasteiger partial charge in [-0.1, -0.05) is 19.1 Å². The van der Waals surface area contributed by atoms with Crippen LogP contribution in [-0.2, 0) is 6.42 Å². The Morgan fingerprint density at radius 1 is 1.39 bits per heavy atom. The molecule has 3 heteroatoms. The van der Waals surface area contributed by atoms with E-state index in [0.717, 1.165) is 30.6 Å². The summed E-state index contributed by atoms with van der Waals surface area (Å²) >= 11 is 0. The van der Waals surface area contributed by atoms with Gasteiger partial charge in [0.05, 0.1) is 6.04 Å². The Morgan fingerprint density at radius 2 is 2.17 bits per heavy atom. The molecule has 1 amide bonds. The molecule has 0 saturated carbocycles. The number of nitrogens with zero attached hydrogens (tertiary/aromatic N) is 1. The molecule has 0 radical (unpaired) electrons. The van der Waals surface area contributed by atoms with Gasteiger partial charge in [0.25, 0.3) is 5.91 Å². The van der Waals surface area contributed by atoms with Crippen molar-refractivity contribution in [1.82, 2.24) is 10.2 Å². The molecule has 3 nitrogen and oxygen atoms in total. The molecule has 1 aromatic carbocycles. The van der Waals surface area contributed by atoms with Gasteiger partial charge < -0.3 is 10.2 Å². The van der Waals surface area contributed by atoms with E-state index in [0.29, 0.717) is 12.0 Å². The lowest BCUT2D eigenvalue weighted by molar-refractivity contribution is 0.0705. The van der Waals surface area contributed by atoms with Crippen molar-refractivity contribution in [2.24, 2.45) is 0 Å². The fourth-order valence-corrected chi connectivity index (χ4v) is 3.40. The average molecular weight is 244 g/mol. The molecular formula is C15H20N2O. The second-order valence-corrected chi connectivity index (χ2v) is 5.48. The fraction of sp³-hybridized carbons (Fsp3) is 0.533. The molecule has 2 aliphatic heterocycles. The molecule has 18 heavy (non-hydrogen) atoms. The molecule has 2 heterocycles. The number of rotatable bonds is 1. The minimum atomic E-state index is 0.190. The Labute approximate surface area is 108 Å². The van der Waals surface area contributed by atoms with Crippen LogP contribution in [0.3, 0.4) is 0 Å². The van der Waals surface area contributed by atoms with E-state index in [2.05, 4.69) is 31.3 Å². The minimum Gasteiger partial charge on any atom is -0.337 e.